The van der Waals surface area contributed by atoms with Gasteiger partial charge in [0.2, 0.25) is 0 Å². The van der Waals surface area contributed by atoms with E-state index in [1.165, 1.54) is 16.8 Å². The van der Waals surface area contributed by atoms with Gasteiger partial charge in [0.1, 0.15) is 11.4 Å². The molecule has 0 unspecified atom stereocenters. The highest BCUT2D eigenvalue weighted by Gasteiger charge is 2.29. The van der Waals surface area contributed by atoms with Crippen molar-refractivity contribution in [3.8, 4) is 5.75 Å². The van der Waals surface area contributed by atoms with Crippen LogP contribution in [0.25, 0.3) is 5.70 Å². The van der Waals surface area contributed by atoms with Crippen LogP contribution in [0.2, 0.25) is 0 Å². The molecule has 118 valence electrons. The van der Waals surface area contributed by atoms with Gasteiger partial charge in [0, 0.05) is 29.1 Å². The third-order valence-corrected chi connectivity index (χ3v) is 3.77. The predicted octanol–water partition coefficient (Wildman–Crippen LogP) is 2.97. The monoisotopic (exact) mass is 377 g/mol. The first kappa shape index (κ1) is 15.4. The van der Waals surface area contributed by atoms with Crippen LogP contribution in [0, 0.1) is 10.1 Å². The molecule has 0 saturated heterocycles. The number of hydrogen-bond acceptors (Lipinski definition) is 5. The van der Waals surface area contributed by atoms with Crippen LogP contribution in [0.15, 0.2) is 46.1 Å². The fraction of sp³-hybridized carbons (Fsp3) is 0.200. The van der Waals surface area contributed by atoms with Gasteiger partial charge in [-0.15, -0.1) is 0 Å². The Labute approximate surface area is 139 Å². The minimum atomic E-state index is -0.711. The molecule has 1 aliphatic heterocycles. The van der Waals surface area contributed by atoms with Gasteiger partial charge in [0.25, 0.3) is 0 Å². The molecule has 3 heterocycles. The molecule has 0 aliphatic carbocycles. The Morgan fingerprint density at radius 1 is 1.43 bits per heavy atom. The van der Waals surface area contributed by atoms with Crippen LogP contribution in [-0.4, -0.2) is 20.1 Å². The lowest BCUT2D eigenvalue weighted by Crippen LogP contribution is -2.32. The third kappa shape index (κ3) is 2.77. The topological polar surface area (TPSA) is 87.3 Å². The summed E-state index contributed by atoms with van der Waals surface area (Å²) in [6.07, 6.45) is 6.40. The van der Waals surface area contributed by atoms with Crippen molar-refractivity contribution >= 4 is 27.3 Å². The van der Waals surface area contributed by atoms with E-state index in [9.17, 15) is 14.9 Å². The van der Waals surface area contributed by atoms with Gasteiger partial charge in [-0.05, 0) is 41.9 Å². The zero-order chi connectivity index (χ0) is 16.8. The fourth-order valence-electron chi connectivity index (χ4n) is 2.43. The molecule has 7 nitrogen and oxygen atoms in total. The quantitative estimate of drug-likeness (QED) is 0.592. The molecule has 23 heavy (non-hydrogen) atoms. The van der Waals surface area contributed by atoms with Crippen molar-refractivity contribution in [1.29, 1.82) is 0 Å². The first-order valence-electron chi connectivity index (χ1n) is 6.72. The Balaban J connectivity index is 2.31. The Kier molecular flexibility index (Phi) is 3.56. The van der Waals surface area contributed by atoms with Crippen molar-refractivity contribution in [2.75, 3.05) is 0 Å². The molecule has 0 radical (unpaired) electrons. The molecule has 0 aromatic carbocycles. The highest BCUT2D eigenvalue weighted by Crippen LogP contribution is 2.36. The molecule has 0 saturated carbocycles. The first-order chi connectivity index (χ1) is 10.8. The number of ether oxygens (including phenoxy) is 1. The van der Waals surface area contributed by atoms with E-state index in [1.54, 1.807) is 24.5 Å². The van der Waals surface area contributed by atoms with Crippen molar-refractivity contribution < 1.29 is 9.66 Å². The van der Waals surface area contributed by atoms with Gasteiger partial charge in [0.05, 0.1) is 16.2 Å². The van der Waals surface area contributed by atoms with Gasteiger partial charge in [-0.2, -0.15) is 0 Å². The first-order valence-corrected chi connectivity index (χ1v) is 7.51. The van der Waals surface area contributed by atoms with E-state index in [2.05, 4.69) is 20.9 Å². The van der Waals surface area contributed by atoms with E-state index in [-0.39, 0.29) is 0 Å². The van der Waals surface area contributed by atoms with Crippen LogP contribution in [0.1, 0.15) is 19.4 Å². The number of fused-ring (bicyclic) bond motifs is 1. The Morgan fingerprint density at radius 2 is 2.17 bits per heavy atom. The lowest BCUT2D eigenvalue weighted by atomic mass is 10.0. The summed E-state index contributed by atoms with van der Waals surface area (Å²) in [4.78, 5) is 26.9. The maximum Gasteiger partial charge on any atom is 0.335 e. The predicted molar refractivity (Wildman–Crippen MR) is 87.4 cm³/mol. The van der Waals surface area contributed by atoms with Gasteiger partial charge in [-0.3, -0.25) is 24.5 Å². The number of nitrogens with zero attached hydrogens (tertiary/aromatic N) is 3. The molecule has 2 aromatic rings. The normalized spacial score (nSPS) is 15.3. The van der Waals surface area contributed by atoms with E-state index in [0.29, 0.717) is 21.5 Å². The second-order valence-corrected chi connectivity index (χ2v) is 6.50. The molecule has 1 aliphatic rings. The van der Waals surface area contributed by atoms with Crippen molar-refractivity contribution in [3.05, 3.63) is 67.3 Å². The average Bonchev–Trinajstić information content (AvgIpc) is 2.47. The van der Waals surface area contributed by atoms with E-state index < -0.39 is 21.8 Å². The molecule has 0 fully saturated rings. The standard InChI is InChI=1S/C15H12BrN3O4/c1-15(2)6-12(10-7-17-4-3-13(10)23-15)18-8-9(16)5-11(14(18)20)19(21)22/h3-8H,1-2H3. The number of halogens is 1. The van der Waals surface area contributed by atoms with Crippen LogP contribution in [0.5, 0.6) is 5.75 Å². The Morgan fingerprint density at radius 3 is 2.87 bits per heavy atom. The van der Waals surface area contributed by atoms with Crippen molar-refractivity contribution in [1.82, 2.24) is 9.55 Å². The maximum absolute atomic E-state index is 12.5. The van der Waals surface area contributed by atoms with Crippen molar-refractivity contribution in [2.45, 2.75) is 19.4 Å². The smallest absolute Gasteiger partial charge is 0.335 e. The minimum absolute atomic E-state index is 0.430. The summed E-state index contributed by atoms with van der Waals surface area (Å²) in [6.45, 7) is 3.68. The molecule has 3 rings (SSSR count). The van der Waals surface area contributed by atoms with Crippen molar-refractivity contribution in [2.24, 2.45) is 0 Å². The Hall–Kier alpha value is -2.48. The molecular weight excluding hydrogens is 366 g/mol. The SMILES string of the molecule is CC1(C)C=C(n2cc(Br)cc([N+](=O)[O-])c2=O)c2cnccc2O1. The number of pyridine rings is 2. The highest BCUT2D eigenvalue weighted by atomic mass is 79.9. The highest BCUT2D eigenvalue weighted by molar-refractivity contribution is 9.10. The second kappa shape index (κ2) is 5.31. The summed E-state index contributed by atoms with van der Waals surface area (Å²) in [5.74, 6) is 0.567. The van der Waals surface area contributed by atoms with Crippen molar-refractivity contribution in [3.63, 3.8) is 0 Å². The van der Waals surface area contributed by atoms with E-state index >= 15 is 0 Å². The molecule has 0 spiro atoms. The molecule has 8 heteroatoms. The number of rotatable bonds is 2. The summed E-state index contributed by atoms with van der Waals surface area (Å²) in [7, 11) is 0. The number of hydrogen-bond donors (Lipinski definition) is 0. The van der Waals surface area contributed by atoms with Gasteiger partial charge < -0.3 is 4.74 Å². The molecule has 0 N–H and O–H groups in total. The zero-order valence-corrected chi connectivity index (χ0v) is 13.9. The number of nitro groups is 1. The molecule has 2 aromatic heterocycles. The molecule has 0 bridgehead atoms. The summed E-state index contributed by atoms with van der Waals surface area (Å²) >= 11 is 3.21. The summed E-state index contributed by atoms with van der Waals surface area (Å²) in [6, 6.07) is 2.88. The number of aromatic nitrogens is 2. The molecular formula is C15H12BrN3O4. The summed E-state index contributed by atoms with van der Waals surface area (Å²) in [5.41, 5.74) is -0.785. The van der Waals surface area contributed by atoms with Gasteiger partial charge >= 0.3 is 11.2 Å². The van der Waals surface area contributed by atoms with Crippen LogP contribution in [0.3, 0.4) is 0 Å². The summed E-state index contributed by atoms with van der Waals surface area (Å²) < 4.78 is 7.51. The minimum Gasteiger partial charge on any atom is -0.483 e. The molecule has 0 atom stereocenters. The van der Waals surface area contributed by atoms with Crippen LogP contribution in [0.4, 0.5) is 5.69 Å². The van der Waals surface area contributed by atoms with Crippen LogP contribution < -0.4 is 10.3 Å². The van der Waals surface area contributed by atoms with E-state index in [1.807, 2.05) is 13.8 Å². The maximum atomic E-state index is 12.5. The van der Waals surface area contributed by atoms with Gasteiger partial charge in [-0.25, -0.2) is 0 Å². The third-order valence-electron chi connectivity index (χ3n) is 3.34. The lowest BCUT2D eigenvalue weighted by Gasteiger charge is -2.31. The zero-order valence-electron chi connectivity index (χ0n) is 12.3. The summed E-state index contributed by atoms with van der Waals surface area (Å²) in [5, 5.41) is 11.1. The van der Waals surface area contributed by atoms with Gasteiger partial charge in [0.15, 0.2) is 0 Å². The Bertz CT molecular complexity index is 902. The van der Waals surface area contributed by atoms with Gasteiger partial charge in [-0.1, -0.05) is 0 Å². The lowest BCUT2D eigenvalue weighted by molar-refractivity contribution is -0.386. The largest absolute Gasteiger partial charge is 0.483 e. The second-order valence-electron chi connectivity index (χ2n) is 5.58. The fourth-order valence-corrected chi connectivity index (χ4v) is 2.85. The van der Waals surface area contributed by atoms with Crippen LogP contribution >= 0.6 is 15.9 Å². The van der Waals surface area contributed by atoms with Crippen LogP contribution in [-0.2, 0) is 0 Å². The van der Waals surface area contributed by atoms with E-state index in [0.717, 1.165) is 0 Å². The average molecular weight is 378 g/mol. The molecule has 0 amide bonds. The van der Waals surface area contributed by atoms with E-state index in [4.69, 9.17) is 4.74 Å².